The van der Waals surface area contributed by atoms with Crippen molar-refractivity contribution in [2.75, 3.05) is 19.6 Å². The maximum atomic E-state index is 12.6. The lowest BCUT2D eigenvalue weighted by molar-refractivity contribution is -0.144. The van der Waals surface area contributed by atoms with Crippen molar-refractivity contribution >= 4 is 17.8 Å². The molecule has 1 atom stereocenters. The molecule has 2 saturated heterocycles. The lowest BCUT2D eigenvalue weighted by Crippen LogP contribution is -2.49. The first-order chi connectivity index (χ1) is 11.1. The van der Waals surface area contributed by atoms with Crippen LogP contribution in [0.1, 0.15) is 64.2 Å². The van der Waals surface area contributed by atoms with Gasteiger partial charge in [0.25, 0.3) is 0 Å². The Labute approximate surface area is 137 Å². The van der Waals surface area contributed by atoms with Gasteiger partial charge in [-0.3, -0.25) is 14.4 Å². The monoisotopic (exact) mass is 324 g/mol. The van der Waals surface area contributed by atoms with Crippen LogP contribution in [0.3, 0.4) is 0 Å². The molecule has 0 radical (unpaired) electrons. The van der Waals surface area contributed by atoms with Crippen molar-refractivity contribution < 1.29 is 19.5 Å². The molecule has 6 nitrogen and oxygen atoms in total. The minimum atomic E-state index is -0.818. The van der Waals surface area contributed by atoms with Crippen molar-refractivity contribution in [2.24, 2.45) is 0 Å². The molecule has 0 saturated carbocycles. The molecule has 2 aliphatic rings. The number of carboxylic acid groups (broad SMARTS) is 1. The van der Waals surface area contributed by atoms with Gasteiger partial charge in [-0.2, -0.15) is 0 Å². The number of piperidine rings is 1. The Morgan fingerprint density at radius 2 is 1.78 bits per heavy atom. The lowest BCUT2D eigenvalue weighted by Gasteiger charge is -2.37. The van der Waals surface area contributed by atoms with E-state index in [1.807, 2.05) is 4.90 Å². The van der Waals surface area contributed by atoms with Crippen LogP contribution in [-0.4, -0.2) is 58.4 Å². The first kappa shape index (κ1) is 17.8. The fraction of sp³-hybridized carbons (Fsp3) is 0.824. The third-order valence-electron chi connectivity index (χ3n) is 4.89. The molecule has 130 valence electrons. The van der Waals surface area contributed by atoms with Crippen molar-refractivity contribution in [1.29, 1.82) is 0 Å². The minimum absolute atomic E-state index is 0.0113. The molecule has 0 aromatic rings. The van der Waals surface area contributed by atoms with Gasteiger partial charge in [0.15, 0.2) is 0 Å². The van der Waals surface area contributed by atoms with E-state index in [4.69, 9.17) is 5.11 Å². The van der Waals surface area contributed by atoms with Crippen LogP contribution in [0.15, 0.2) is 0 Å². The van der Waals surface area contributed by atoms with E-state index in [2.05, 4.69) is 0 Å². The summed E-state index contributed by atoms with van der Waals surface area (Å²) >= 11 is 0. The van der Waals surface area contributed by atoms with Gasteiger partial charge < -0.3 is 14.9 Å². The van der Waals surface area contributed by atoms with E-state index in [9.17, 15) is 14.4 Å². The highest BCUT2D eigenvalue weighted by Gasteiger charge is 2.29. The number of hydrogen-bond donors (Lipinski definition) is 1. The van der Waals surface area contributed by atoms with E-state index in [1.54, 1.807) is 4.90 Å². The quantitative estimate of drug-likeness (QED) is 0.839. The predicted octanol–water partition coefficient (Wildman–Crippen LogP) is 2.02. The zero-order chi connectivity index (χ0) is 16.7. The second-order valence-electron chi connectivity index (χ2n) is 6.65. The molecule has 0 bridgehead atoms. The average molecular weight is 324 g/mol. The molecule has 1 N–H and O–H groups in total. The Bertz CT molecular complexity index is 438. The molecule has 2 amide bonds. The number of amides is 2. The van der Waals surface area contributed by atoms with Crippen LogP contribution in [0, 0.1) is 0 Å². The van der Waals surface area contributed by atoms with Crippen LogP contribution in [0.2, 0.25) is 0 Å². The van der Waals surface area contributed by atoms with E-state index in [0.29, 0.717) is 25.9 Å². The summed E-state index contributed by atoms with van der Waals surface area (Å²) in [6.07, 6.45) is 8.09. The lowest BCUT2D eigenvalue weighted by atomic mass is 9.97. The maximum absolute atomic E-state index is 12.6. The maximum Gasteiger partial charge on any atom is 0.303 e. The molecular formula is C17H28N2O4. The van der Waals surface area contributed by atoms with Gasteiger partial charge in [0.2, 0.25) is 11.8 Å². The second-order valence-corrected chi connectivity index (χ2v) is 6.65. The molecule has 0 aromatic heterocycles. The van der Waals surface area contributed by atoms with Gasteiger partial charge in [0.1, 0.15) is 0 Å². The standard InChI is InChI=1S/C17H28N2O4/c20-15-8-3-1-2-5-11-18(15)13-16(21)19-12-6-4-7-14(19)9-10-17(22)23/h14H,1-13H2,(H,22,23). The zero-order valence-electron chi connectivity index (χ0n) is 13.8. The molecule has 2 heterocycles. The molecular weight excluding hydrogens is 296 g/mol. The normalized spacial score (nSPS) is 23.3. The molecule has 2 rings (SSSR count). The summed E-state index contributed by atoms with van der Waals surface area (Å²) < 4.78 is 0. The van der Waals surface area contributed by atoms with Crippen LogP contribution in [0.25, 0.3) is 0 Å². The average Bonchev–Trinajstić information content (AvgIpc) is 2.52. The van der Waals surface area contributed by atoms with Crippen LogP contribution in [0.5, 0.6) is 0 Å². The Hall–Kier alpha value is -1.59. The molecule has 6 heteroatoms. The van der Waals surface area contributed by atoms with Gasteiger partial charge in [0.05, 0.1) is 6.54 Å². The smallest absolute Gasteiger partial charge is 0.303 e. The first-order valence-corrected chi connectivity index (χ1v) is 8.87. The van der Waals surface area contributed by atoms with Gasteiger partial charge in [-0.1, -0.05) is 12.8 Å². The highest BCUT2D eigenvalue weighted by molar-refractivity contribution is 5.85. The van der Waals surface area contributed by atoms with E-state index in [0.717, 1.165) is 44.9 Å². The van der Waals surface area contributed by atoms with Crippen molar-refractivity contribution in [3.8, 4) is 0 Å². The topological polar surface area (TPSA) is 77.9 Å². The summed E-state index contributed by atoms with van der Waals surface area (Å²) in [5.74, 6) is -0.756. The molecule has 0 aliphatic carbocycles. The summed E-state index contributed by atoms with van der Waals surface area (Å²) in [4.78, 5) is 39.1. The summed E-state index contributed by atoms with van der Waals surface area (Å²) in [5, 5.41) is 8.87. The fourth-order valence-electron chi connectivity index (χ4n) is 3.56. The van der Waals surface area contributed by atoms with Gasteiger partial charge in [0, 0.05) is 32.0 Å². The number of carbonyl (C=O) groups excluding carboxylic acids is 2. The number of carboxylic acids is 1. The molecule has 2 fully saturated rings. The Morgan fingerprint density at radius 1 is 1.04 bits per heavy atom. The molecule has 0 aromatic carbocycles. The van der Waals surface area contributed by atoms with E-state index >= 15 is 0 Å². The number of likely N-dealkylation sites (tertiary alicyclic amines) is 2. The van der Waals surface area contributed by atoms with Crippen LogP contribution in [-0.2, 0) is 14.4 Å². The summed E-state index contributed by atoms with van der Waals surface area (Å²) in [6.45, 7) is 1.51. The van der Waals surface area contributed by atoms with E-state index < -0.39 is 5.97 Å². The fourth-order valence-corrected chi connectivity index (χ4v) is 3.56. The SMILES string of the molecule is O=C(O)CCC1CCCCN1C(=O)CN1CCCCCCC1=O. The number of nitrogens with zero attached hydrogens (tertiary/aromatic N) is 2. The van der Waals surface area contributed by atoms with Gasteiger partial charge in [-0.15, -0.1) is 0 Å². The first-order valence-electron chi connectivity index (χ1n) is 8.87. The van der Waals surface area contributed by atoms with Crippen molar-refractivity contribution in [2.45, 2.75) is 70.3 Å². The minimum Gasteiger partial charge on any atom is -0.481 e. The molecule has 23 heavy (non-hydrogen) atoms. The van der Waals surface area contributed by atoms with Crippen molar-refractivity contribution in [3.05, 3.63) is 0 Å². The van der Waals surface area contributed by atoms with E-state index in [1.165, 1.54) is 0 Å². The van der Waals surface area contributed by atoms with Gasteiger partial charge in [-0.25, -0.2) is 0 Å². The predicted molar refractivity (Wildman–Crippen MR) is 85.9 cm³/mol. The Kier molecular flexibility index (Phi) is 6.86. The van der Waals surface area contributed by atoms with Crippen molar-refractivity contribution in [1.82, 2.24) is 9.80 Å². The summed E-state index contributed by atoms with van der Waals surface area (Å²) in [7, 11) is 0. The van der Waals surface area contributed by atoms with Crippen LogP contribution < -0.4 is 0 Å². The number of hydrogen-bond acceptors (Lipinski definition) is 3. The highest BCUT2D eigenvalue weighted by atomic mass is 16.4. The van der Waals surface area contributed by atoms with Crippen molar-refractivity contribution in [3.63, 3.8) is 0 Å². The van der Waals surface area contributed by atoms with E-state index in [-0.39, 0.29) is 30.8 Å². The number of aliphatic carboxylic acids is 1. The largest absolute Gasteiger partial charge is 0.481 e. The molecule has 1 unspecified atom stereocenters. The number of carbonyl (C=O) groups is 3. The summed E-state index contributed by atoms with van der Waals surface area (Å²) in [6, 6.07) is 0.0113. The Balaban J connectivity index is 1.92. The second kappa shape index (κ2) is 8.89. The molecule has 0 spiro atoms. The third-order valence-corrected chi connectivity index (χ3v) is 4.89. The van der Waals surface area contributed by atoms with Gasteiger partial charge >= 0.3 is 5.97 Å². The van der Waals surface area contributed by atoms with Crippen LogP contribution >= 0.6 is 0 Å². The Morgan fingerprint density at radius 3 is 2.57 bits per heavy atom. The summed E-state index contributed by atoms with van der Waals surface area (Å²) in [5.41, 5.74) is 0. The zero-order valence-corrected chi connectivity index (χ0v) is 13.8. The van der Waals surface area contributed by atoms with Gasteiger partial charge in [-0.05, 0) is 38.5 Å². The molecule has 2 aliphatic heterocycles. The highest BCUT2D eigenvalue weighted by Crippen LogP contribution is 2.22. The number of rotatable bonds is 5. The third kappa shape index (κ3) is 5.52. The van der Waals surface area contributed by atoms with Crippen LogP contribution in [0.4, 0.5) is 0 Å².